The van der Waals surface area contributed by atoms with E-state index in [2.05, 4.69) is 12.8 Å². The lowest BCUT2D eigenvalue weighted by Gasteiger charge is -2.28. The van der Waals surface area contributed by atoms with Gasteiger partial charge in [0.05, 0.1) is 5.69 Å². The van der Waals surface area contributed by atoms with E-state index in [0.29, 0.717) is 0 Å². The van der Waals surface area contributed by atoms with Gasteiger partial charge in [-0.2, -0.15) is 0 Å². The maximum absolute atomic E-state index is 11.5. The van der Waals surface area contributed by atoms with Gasteiger partial charge in [0.15, 0.2) is 0 Å². The molecule has 4 nitrogen and oxygen atoms in total. The minimum atomic E-state index is -0.871. The van der Waals surface area contributed by atoms with Gasteiger partial charge in [-0.15, -0.1) is 0 Å². The van der Waals surface area contributed by atoms with Crippen molar-refractivity contribution in [3.05, 3.63) is 29.5 Å². The van der Waals surface area contributed by atoms with E-state index in [1.54, 1.807) is 0 Å². The molecule has 2 aromatic rings. The van der Waals surface area contributed by atoms with Crippen LogP contribution < -0.4 is 4.31 Å². The molecule has 1 N–H and O–H groups in total. The van der Waals surface area contributed by atoms with E-state index in [-0.39, 0.29) is 5.92 Å². The van der Waals surface area contributed by atoms with Crippen LogP contribution in [0.1, 0.15) is 38.0 Å². The number of carboxylic acid groups (broad SMARTS) is 1. The van der Waals surface area contributed by atoms with Gasteiger partial charge in [0, 0.05) is 23.4 Å². The van der Waals surface area contributed by atoms with Gasteiger partial charge in [0.25, 0.3) is 0 Å². The summed E-state index contributed by atoms with van der Waals surface area (Å²) in [5, 5.41) is 10.6. The number of hydrogen-bond acceptors (Lipinski definition) is 4. The Morgan fingerprint density at radius 2 is 2.05 bits per heavy atom. The quantitative estimate of drug-likeness (QED) is 0.834. The summed E-state index contributed by atoms with van der Waals surface area (Å²) >= 11 is 4.42. The molecule has 0 bridgehead atoms. The molecular weight excluding hydrogens is 298 g/mol. The third kappa shape index (κ3) is 2.58. The smallest absolute Gasteiger partial charge is 0.327 e. The Hall–Kier alpha value is -1.62. The topological polar surface area (TPSA) is 53.7 Å². The summed E-state index contributed by atoms with van der Waals surface area (Å²) in [5.41, 5.74) is 2.90. The van der Waals surface area contributed by atoms with E-state index < -0.39 is 12.0 Å². The predicted octanol–water partition coefficient (Wildman–Crippen LogP) is 4.07. The van der Waals surface area contributed by atoms with Crippen LogP contribution in [0.2, 0.25) is 0 Å². The number of rotatable bonds is 4. The molecule has 0 spiro atoms. The van der Waals surface area contributed by atoms with E-state index in [1.807, 2.05) is 32.0 Å². The van der Waals surface area contributed by atoms with Gasteiger partial charge in [-0.05, 0) is 37.3 Å². The largest absolute Gasteiger partial charge is 0.480 e. The first-order chi connectivity index (χ1) is 10.5. The second-order valence-corrected chi connectivity index (χ2v) is 6.69. The van der Waals surface area contributed by atoms with Crippen molar-refractivity contribution in [3.63, 3.8) is 0 Å². The Morgan fingerprint density at radius 1 is 1.32 bits per heavy atom. The number of furan rings is 1. The summed E-state index contributed by atoms with van der Waals surface area (Å²) in [6.45, 7) is 3.76. The van der Waals surface area contributed by atoms with Crippen molar-refractivity contribution in [2.45, 2.75) is 45.6 Å². The molecule has 1 heterocycles. The molecule has 118 valence electrons. The van der Waals surface area contributed by atoms with Crippen LogP contribution in [0.4, 0.5) is 5.69 Å². The van der Waals surface area contributed by atoms with Crippen LogP contribution in [0.5, 0.6) is 0 Å². The molecule has 1 unspecified atom stereocenters. The number of benzene rings is 1. The zero-order valence-electron chi connectivity index (χ0n) is 12.9. The standard InChI is InChI=1S/C17H21NO3S/c1-10(2)16(17(19)20)18(22)11-7-8-13-12-5-3-4-6-14(12)21-15(13)9-11/h7-10,16,22H,3-6H2,1-2H3,(H,19,20). The highest BCUT2D eigenvalue weighted by molar-refractivity contribution is 7.81. The summed E-state index contributed by atoms with van der Waals surface area (Å²) in [6, 6.07) is 5.18. The van der Waals surface area contributed by atoms with Crippen molar-refractivity contribution in [3.8, 4) is 0 Å². The molecule has 0 radical (unpaired) electrons. The molecule has 5 heteroatoms. The summed E-state index contributed by atoms with van der Waals surface area (Å²) in [5.74, 6) is 0.169. The van der Waals surface area contributed by atoms with Gasteiger partial charge < -0.3 is 13.8 Å². The number of aliphatic carboxylic acids is 1. The van der Waals surface area contributed by atoms with Crippen molar-refractivity contribution in [1.29, 1.82) is 0 Å². The third-order valence-corrected chi connectivity index (χ3v) is 4.83. The van der Waals surface area contributed by atoms with Gasteiger partial charge in [-0.3, -0.25) is 0 Å². The first-order valence-electron chi connectivity index (χ1n) is 7.74. The molecular formula is C17H21NO3S. The van der Waals surface area contributed by atoms with Gasteiger partial charge >= 0.3 is 5.97 Å². The molecule has 3 rings (SSSR count). The highest BCUT2D eigenvalue weighted by Crippen LogP contribution is 2.35. The van der Waals surface area contributed by atoms with Crippen molar-refractivity contribution < 1.29 is 14.3 Å². The van der Waals surface area contributed by atoms with Gasteiger partial charge in [-0.1, -0.05) is 26.7 Å². The number of carboxylic acids is 1. The molecule has 0 saturated heterocycles. The molecule has 1 aromatic carbocycles. The van der Waals surface area contributed by atoms with E-state index in [4.69, 9.17) is 4.42 Å². The number of nitrogens with zero attached hydrogens (tertiary/aromatic N) is 1. The van der Waals surface area contributed by atoms with E-state index in [9.17, 15) is 9.90 Å². The van der Waals surface area contributed by atoms with Gasteiger partial charge in [0.1, 0.15) is 17.4 Å². The van der Waals surface area contributed by atoms with Crippen molar-refractivity contribution >= 4 is 35.4 Å². The first-order valence-corrected chi connectivity index (χ1v) is 8.14. The summed E-state index contributed by atoms with van der Waals surface area (Å²) in [7, 11) is 0. The number of carbonyl (C=O) groups is 1. The van der Waals surface area contributed by atoms with Gasteiger partial charge in [0.2, 0.25) is 0 Å². The van der Waals surface area contributed by atoms with Crippen LogP contribution in [0.3, 0.4) is 0 Å². The number of hydrogen-bond donors (Lipinski definition) is 2. The molecule has 0 fully saturated rings. The molecule has 22 heavy (non-hydrogen) atoms. The van der Waals surface area contributed by atoms with E-state index >= 15 is 0 Å². The Balaban J connectivity index is 1.99. The molecule has 1 aliphatic rings. The second kappa shape index (κ2) is 5.88. The van der Waals surface area contributed by atoms with Crippen molar-refractivity contribution in [2.24, 2.45) is 5.92 Å². The van der Waals surface area contributed by atoms with Crippen LogP contribution >= 0.6 is 12.8 Å². The van der Waals surface area contributed by atoms with Crippen LogP contribution in [0.15, 0.2) is 22.6 Å². The minimum absolute atomic E-state index is 0.0458. The molecule has 0 saturated carbocycles. The van der Waals surface area contributed by atoms with E-state index in [0.717, 1.165) is 35.3 Å². The molecule has 0 aliphatic heterocycles. The molecule has 1 atom stereocenters. The highest BCUT2D eigenvalue weighted by Gasteiger charge is 2.28. The SMILES string of the molecule is CC(C)C(C(=O)O)N(S)c1ccc2c3c(oc2c1)CCCC3. The molecule has 1 aliphatic carbocycles. The average Bonchev–Trinajstić information content (AvgIpc) is 2.83. The Kier molecular flexibility index (Phi) is 4.08. The van der Waals surface area contributed by atoms with Crippen molar-refractivity contribution in [2.75, 3.05) is 4.31 Å². The monoisotopic (exact) mass is 319 g/mol. The van der Waals surface area contributed by atoms with Gasteiger partial charge in [-0.25, -0.2) is 4.79 Å². The number of aryl methyl sites for hydroxylation is 2. The lowest BCUT2D eigenvalue weighted by atomic mass is 9.96. The normalized spacial score (nSPS) is 15.8. The second-order valence-electron chi connectivity index (χ2n) is 6.26. The minimum Gasteiger partial charge on any atom is -0.480 e. The zero-order valence-corrected chi connectivity index (χ0v) is 13.8. The maximum Gasteiger partial charge on any atom is 0.327 e. The molecule has 0 amide bonds. The fraction of sp³-hybridized carbons (Fsp3) is 0.471. The fourth-order valence-corrected chi connectivity index (χ4v) is 3.72. The van der Waals surface area contributed by atoms with E-state index in [1.165, 1.54) is 22.7 Å². The van der Waals surface area contributed by atoms with Crippen molar-refractivity contribution in [1.82, 2.24) is 0 Å². The maximum atomic E-state index is 11.5. The van der Waals surface area contributed by atoms with Crippen LogP contribution in [0, 0.1) is 5.92 Å². The van der Waals surface area contributed by atoms with Crippen LogP contribution in [-0.2, 0) is 17.6 Å². The summed E-state index contributed by atoms with van der Waals surface area (Å²) in [4.78, 5) is 11.5. The third-order valence-electron chi connectivity index (χ3n) is 4.35. The molecule has 1 aromatic heterocycles. The lowest BCUT2D eigenvalue weighted by molar-refractivity contribution is -0.139. The Labute approximate surface area is 135 Å². The zero-order chi connectivity index (χ0) is 15.9. The Morgan fingerprint density at radius 3 is 2.73 bits per heavy atom. The fourth-order valence-electron chi connectivity index (χ4n) is 3.23. The summed E-state index contributed by atoms with van der Waals surface area (Å²) in [6.07, 6.45) is 4.44. The average molecular weight is 319 g/mol. The van der Waals surface area contributed by atoms with Crippen LogP contribution in [0.25, 0.3) is 11.0 Å². The summed E-state index contributed by atoms with van der Waals surface area (Å²) < 4.78 is 7.50. The Bertz CT molecular complexity index is 707. The highest BCUT2D eigenvalue weighted by atomic mass is 32.1. The number of anilines is 1. The predicted molar refractivity (Wildman–Crippen MR) is 90.6 cm³/mol. The number of fused-ring (bicyclic) bond motifs is 3. The lowest BCUT2D eigenvalue weighted by Crippen LogP contribution is -2.39. The van der Waals surface area contributed by atoms with Crippen LogP contribution in [-0.4, -0.2) is 17.1 Å². The number of thiol groups is 1. The first kappa shape index (κ1) is 15.3.